The van der Waals surface area contributed by atoms with Crippen molar-refractivity contribution in [1.29, 1.82) is 0 Å². The zero-order valence-electron chi connectivity index (χ0n) is 4.52. The molecule has 0 fully saturated rings. The van der Waals surface area contributed by atoms with Crippen LogP contribution in [0.15, 0.2) is 35.4 Å². The Balaban J connectivity index is 2.73. The van der Waals surface area contributed by atoms with Crippen LogP contribution in [-0.2, 0) is 0 Å². The van der Waals surface area contributed by atoms with Crippen LogP contribution in [0.1, 0.15) is 6.42 Å². The van der Waals surface area contributed by atoms with Crippen LogP contribution in [0.2, 0.25) is 0 Å². The molecule has 0 saturated heterocycles. The van der Waals surface area contributed by atoms with Gasteiger partial charge in [-0.05, 0) is 11.6 Å². The lowest BCUT2D eigenvalue weighted by Gasteiger charge is -2.01. The highest BCUT2D eigenvalue weighted by atomic mass is 35.5. The van der Waals surface area contributed by atoms with E-state index in [0.717, 1.165) is 17.0 Å². The van der Waals surface area contributed by atoms with Crippen molar-refractivity contribution in [2.45, 2.75) is 6.42 Å². The SMILES string of the molecule is C=C1C=CC=C(Cl)C1. The van der Waals surface area contributed by atoms with Crippen LogP contribution in [0.5, 0.6) is 0 Å². The zero-order valence-corrected chi connectivity index (χ0v) is 5.28. The highest BCUT2D eigenvalue weighted by Gasteiger charge is 1.96. The van der Waals surface area contributed by atoms with Gasteiger partial charge in [0.25, 0.3) is 0 Å². The molecule has 1 heteroatoms. The van der Waals surface area contributed by atoms with Crippen LogP contribution in [0, 0.1) is 0 Å². The maximum Gasteiger partial charge on any atom is 0.0224 e. The second kappa shape index (κ2) is 2.19. The summed E-state index contributed by atoms with van der Waals surface area (Å²) < 4.78 is 0. The van der Waals surface area contributed by atoms with Crippen molar-refractivity contribution < 1.29 is 0 Å². The topological polar surface area (TPSA) is 0 Å². The predicted molar refractivity (Wildman–Crippen MR) is 36.8 cm³/mol. The lowest BCUT2D eigenvalue weighted by atomic mass is 10.1. The smallest absolute Gasteiger partial charge is 0.0224 e. The molecule has 42 valence electrons. The monoisotopic (exact) mass is 126 g/mol. The first kappa shape index (κ1) is 5.64. The molecule has 0 aliphatic heterocycles. The van der Waals surface area contributed by atoms with E-state index in [-0.39, 0.29) is 0 Å². The van der Waals surface area contributed by atoms with Crippen LogP contribution in [-0.4, -0.2) is 0 Å². The Morgan fingerprint density at radius 2 is 2.38 bits per heavy atom. The molecule has 1 rings (SSSR count). The standard InChI is InChI=1S/C7H7Cl/c1-6-3-2-4-7(8)5-6/h2-4H,1,5H2. The van der Waals surface area contributed by atoms with Gasteiger partial charge >= 0.3 is 0 Å². The van der Waals surface area contributed by atoms with Crippen molar-refractivity contribution in [3.63, 3.8) is 0 Å². The number of halogens is 1. The van der Waals surface area contributed by atoms with E-state index in [2.05, 4.69) is 6.58 Å². The van der Waals surface area contributed by atoms with E-state index in [9.17, 15) is 0 Å². The first-order valence-electron chi connectivity index (χ1n) is 2.49. The summed E-state index contributed by atoms with van der Waals surface area (Å²) in [5, 5.41) is 0.873. The predicted octanol–water partition coefficient (Wildman–Crippen LogP) is 2.63. The molecular formula is C7H7Cl. The molecule has 0 nitrogen and oxygen atoms in total. The minimum absolute atomic E-state index is 0.818. The Kier molecular flexibility index (Phi) is 1.54. The van der Waals surface area contributed by atoms with Crippen LogP contribution in [0.3, 0.4) is 0 Å². The summed E-state index contributed by atoms with van der Waals surface area (Å²) in [4.78, 5) is 0. The molecule has 0 spiro atoms. The molecule has 1 aliphatic carbocycles. The van der Waals surface area contributed by atoms with Gasteiger partial charge in [0.2, 0.25) is 0 Å². The Morgan fingerprint density at radius 3 is 2.75 bits per heavy atom. The lowest BCUT2D eigenvalue weighted by molar-refractivity contribution is 1.25. The molecular weight excluding hydrogens is 120 g/mol. The van der Waals surface area contributed by atoms with Crippen molar-refractivity contribution >= 4 is 11.6 Å². The van der Waals surface area contributed by atoms with Gasteiger partial charge < -0.3 is 0 Å². The molecule has 0 bridgehead atoms. The van der Waals surface area contributed by atoms with Crippen molar-refractivity contribution in [3.05, 3.63) is 35.4 Å². The van der Waals surface area contributed by atoms with E-state index >= 15 is 0 Å². The van der Waals surface area contributed by atoms with Crippen molar-refractivity contribution in [3.8, 4) is 0 Å². The molecule has 0 aromatic heterocycles. The molecule has 0 unspecified atom stereocenters. The minimum Gasteiger partial charge on any atom is -0.0955 e. The van der Waals surface area contributed by atoms with Gasteiger partial charge in [-0.1, -0.05) is 30.3 Å². The Morgan fingerprint density at radius 1 is 1.62 bits per heavy atom. The summed E-state index contributed by atoms with van der Waals surface area (Å²) in [6.07, 6.45) is 6.58. The third-order valence-corrected chi connectivity index (χ3v) is 1.26. The van der Waals surface area contributed by atoms with Gasteiger partial charge in [-0.15, -0.1) is 0 Å². The van der Waals surface area contributed by atoms with Crippen LogP contribution in [0.4, 0.5) is 0 Å². The Hall–Kier alpha value is -0.490. The molecule has 1 aliphatic rings. The highest BCUT2D eigenvalue weighted by molar-refractivity contribution is 6.30. The van der Waals surface area contributed by atoms with Crippen molar-refractivity contribution in [2.24, 2.45) is 0 Å². The Labute approximate surface area is 54.2 Å². The van der Waals surface area contributed by atoms with Gasteiger partial charge in [-0.3, -0.25) is 0 Å². The fraction of sp³-hybridized carbons (Fsp3) is 0.143. The average molecular weight is 127 g/mol. The second-order valence-electron chi connectivity index (χ2n) is 1.81. The maximum atomic E-state index is 5.66. The third kappa shape index (κ3) is 1.24. The second-order valence-corrected chi connectivity index (χ2v) is 2.29. The van der Waals surface area contributed by atoms with Gasteiger partial charge in [0, 0.05) is 11.5 Å². The van der Waals surface area contributed by atoms with Gasteiger partial charge in [0.15, 0.2) is 0 Å². The minimum atomic E-state index is 0.818. The summed E-state index contributed by atoms with van der Waals surface area (Å²) in [6.45, 7) is 3.75. The van der Waals surface area contributed by atoms with E-state index in [4.69, 9.17) is 11.6 Å². The maximum absolute atomic E-state index is 5.66. The van der Waals surface area contributed by atoms with Crippen LogP contribution >= 0.6 is 11.6 Å². The average Bonchev–Trinajstić information content (AvgIpc) is 1.64. The molecule has 0 amide bonds. The van der Waals surface area contributed by atoms with Crippen LogP contribution in [0.25, 0.3) is 0 Å². The largest absolute Gasteiger partial charge is 0.0955 e. The molecule has 0 saturated carbocycles. The van der Waals surface area contributed by atoms with E-state index in [0.29, 0.717) is 0 Å². The zero-order chi connectivity index (χ0) is 5.98. The highest BCUT2D eigenvalue weighted by Crippen LogP contribution is 2.18. The number of allylic oxidation sites excluding steroid dienone is 5. The first-order valence-corrected chi connectivity index (χ1v) is 2.87. The third-order valence-electron chi connectivity index (χ3n) is 1.00. The number of hydrogen-bond donors (Lipinski definition) is 0. The lowest BCUT2D eigenvalue weighted by Crippen LogP contribution is -1.80. The van der Waals surface area contributed by atoms with Gasteiger partial charge in [0.1, 0.15) is 0 Å². The van der Waals surface area contributed by atoms with Gasteiger partial charge in [-0.25, -0.2) is 0 Å². The normalized spacial score (nSPS) is 18.6. The summed E-state index contributed by atoms with van der Waals surface area (Å²) in [7, 11) is 0. The van der Waals surface area contributed by atoms with E-state index in [1.165, 1.54) is 0 Å². The molecule has 0 atom stereocenters. The van der Waals surface area contributed by atoms with E-state index in [1.807, 2.05) is 18.2 Å². The number of hydrogen-bond acceptors (Lipinski definition) is 0. The number of rotatable bonds is 0. The molecule has 0 aromatic carbocycles. The first-order chi connectivity index (χ1) is 3.79. The Bertz CT molecular complexity index is 163. The van der Waals surface area contributed by atoms with Gasteiger partial charge in [-0.2, -0.15) is 0 Å². The fourth-order valence-electron chi connectivity index (χ4n) is 0.623. The van der Waals surface area contributed by atoms with Crippen molar-refractivity contribution in [2.75, 3.05) is 0 Å². The summed E-state index contributed by atoms with van der Waals surface area (Å²) in [6, 6.07) is 0. The molecule has 0 N–H and O–H groups in total. The summed E-state index contributed by atoms with van der Waals surface area (Å²) in [5.41, 5.74) is 1.08. The quantitative estimate of drug-likeness (QED) is 0.468. The summed E-state index contributed by atoms with van der Waals surface area (Å²) in [5.74, 6) is 0. The van der Waals surface area contributed by atoms with Gasteiger partial charge in [0.05, 0.1) is 0 Å². The summed E-state index contributed by atoms with van der Waals surface area (Å²) >= 11 is 5.66. The van der Waals surface area contributed by atoms with E-state index < -0.39 is 0 Å². The molecule has 0 radical (unpaired) electrons. The fourth-order valence-corrected chi connectivity index (χ4v) is 0.868. The van der Waals surface area contributed by atoms with Crippen LogP contribution < -0.4 is 0 Å². The molecule has 8 heavy (non-hydrogen) atoms. The molecule has 0 aromatic rings. The molecule has 0 heterocycles. The van der Waals surface area contributed by atoms with E-state index in [1.54, 1.807) is 0 Å². The van der Waals surface area contributed by atoms with Crippen molar-refractivity contribution in [1.82, 2.24) is 0 Å².